The van der Waals surface area contributed by atoms with Crippen molar-refractivity contribution in [1.29, 1.82) is 0 Å². The van der Waals surface area contributed by atoms with Gasteiger partial charge in [0.2, 0.25) is 0 Å². The number of aromatic carboxylic acids is 1. The molecule has 0 aliphatic rings. The summed E-state index contributed by atoms with van der Waals surface area (Å²) >= 11 is 7.45. The van der Waals surface area contributed by atoms with E-state index in [2.05, 4.69) is 15.3 Å². The lowest BCUT2D eigenvalue weighted by Gasteiger charge is -2.14. The fourth-order valence-corrected chi connectivity index (χ4v) is 3.77. The molecule has 156 valence electrons. The summed E-state index contributed by atoms with van der Waals surface area (Å²) in [5.74, 6) is -0.678. The largest absolute Gasteiger partial charge is 0.478 e. The van der Waals surface area contributed by atoms with Crippen LogP contribution >= 0.6 is 23.4 Å². The Balaban J connectivity index is 1.88. The summed E-state index contributed by atoms with van der Waals surface area (Å²) in [5.41, 5.74) is -0.0241. The maximum Gasteiger partial charge on any atom is 0.416 e. The number of alkyl halides is 3. The third-order valence-electron chi connectivity index (χ3n) is 3.99. The second kappa shape index (κ2) is 8.93. The van der Waals surface area contributed by atoms with Gasteiger partial charge in [-0.05, 0) is 36.8 Å². The number of thioether (sulfide) groups is 1. The number of nitrogens with zero attached hydrogens (tertiary/aromatic N) is 2. The van der Waals surface area contributed by atoms with E-state index < -0.39 is 17.7 Å². The minimum atomic E-state index is -4.61. The highest BCUT2D eigenvalue weighted by molar-refractivity contribution is 7.98. The summed E-state index contributed by atoms with van der Waals surface area (Å²) < 4.78 is 39.1. The van der Waals surface area contributed by atoms with Gasteiger partial charge in [0.15, 0.2) is 5.16 Å². The first-order valence-corrected chi connectivity index (χ1v) is 9.93. The Morgan fingerprint density at radius 3 is 2.57 bits per heavy atom. The fraction of sp³-hybridized carbons (Fsp3) is 0.150. The van der Waals surface area contributed by atoms with Crippen LogP contribution in [0.3, 0.4) is 0 Å². The average molecular weight is 454 g/mol. The number of nitrogens with one attached hydrogen (secondary N) is 1. The number of carbonyl (C=O) groups is 1. The van der Waals surface area contributed by atoms with Gasteiger partial charge >= 0.3 is 12.1 Å². The Morgan fingerprint density at radius 1 is 1.17 bits per heavy atom. The molecule has 0 saturated heterocycles. The Hall–Kier alpha value is -2.78. The van der Waals surface area contributed by atoms with Crippen LogP contribution in [0.25, 0.3) is 0 Å². The lowest BCUT2D eigenvalue weighted by atomic mass is 10.1. The van der Waals surface area contributed by atoms with Gasteiger partial charge < -0.3 is 10.4 Å². The number of carboxylic acids is 1. The number of aromatic nitrogens is 2. The fourth-order valence-electron chi connectivity index (χ4n) is 2.58. The minimum Gasteiger partial charge on any atom is -0.478 e. The standard InChI is InChI=1S/C20H15ClF3N3O2S/c1-11-8-17(27-19(25-11)30-10-12-4-2-3-5-15(12)21)26-16-9-13(20(22,23)24)6-7-14(16)18(28)29/h2-9H,10H2,1H3,(H,28,29)(H,25,26,27). The van der Waals surface area contributed by atoms with E-state index in [1.807, 2.05) is 18.2 Å². The summed E-state index contributed by atoms with van der Waals surface area (Å²) in [4.78, 5) is 20.0. The first-order chi connectivity index (χ1) is 14.1. The van der Waals surface area contributed by atoms with Gasteiger partial charge in [-0.2, -0.15) is 13.2 Å². The van der Waals surface area contributed by atoms with Gasteiger partial charge in [0, 0.05) is 22.5 Å². The van der Waals surface area contributed by atoms with E-state index in [-0.39, 0.29) is 17.1 Å². The summed E-state index contributed by atoms with van der Waals surface area (Å²) in [5, 5.41) is 13.0. The molecular weight excluding hydrogens is 439 g/mol. The first kappa shape index (κ1) is 21.9. The molecule has 0 spiro atoms. The van der Waals surface area contributed by atoms with Crippen LogP contribution in [0.5, 0.6) is 0 Å². The molecule has 2 N–H and O–H groups in total. The molecule has 10 heteroatoms. The molecule has 30 heavy (non-hydrogen) atoms. The zero-order valence-corrected chi connectivity index (χ0v) is 17.1. The molecule has 0 aliphatic carbocycles. The van der Waals surface area contributed by atoms with Crippen LogP contribution in [-0.2, 0) is 11.9 Å². The van der Waals surface area contributed by atoms with E-state index in [0.717, 1.165) is 23.8 Å². The van der Waals surface area contributed by atoms with Crippen molar-refractivity contribution in [2.75, 3.05) is 5.32 Å². The molecule has 2 aromatic carbocycles. The molecule has 5 nitrogen and oxygen atoms in total. The van der Waals surface area contributed by atoms with E-state index in [1.54, 1.807) is 13.0 Å². The molecule has 0 amide bonds. The highest BCUT2D eigenvalue weighted by Crippen LogP contribution is 2.33. The molecule has 0 bridgehead atoms. The molecule has 0 fully saturated rings. The van der Waals surface area contributed by atoms with Crippen LogP contribution in [0.1, 0.15) is 27.2 Å². The van der Waals surface area contributed by atoms with Gasteiger partial charge in [-0.15, -0.1) is 0 Å². The molecular formula is C20H15ClF3N3O2S. The van der Waals surface area contributed by atoms with Crippen LogP contribution in [0.15, 0.2) is 53.7 Å². The summed E-state index contributed by atoms with van der Waals surface area (Å²) in [6, 6.07) is 11.2. The van der Waals surface area contributed by atoms with E-state index in [1.165, 1.54) is 17.8 Å². The van der Waals surface area contributed by atoms with Gasteiger partial charge in [-0.3, -0.25) is 0 Å². The molecule has 1 aromatic heterocycles. The molecule has 3 rings (SSSR count). The van der Waals surface area contributed by atoms with Crippen molar-refractivity contribution >= 4 is 40.8 Å². The highest BCUT2D eigenvalue weighted by atomic mass is 35.5. The molecule has 0 saturated carbocycles. The smallest absolute Gasteiger partial charge is 0.416 e. The third kappa shape index (κ3) is 5.43. The van der Waals surface area contributed by atoms with Crippen LogP contribution < -0.4 is 5.32 Å². The van der Waals surface area contributed by atoms with Crippen molar-refractivity contribution in [3.05, 3.63) is 75.9 Å². The number of anilines is 2. The molecule has 3 aromatic rings. The van der Waals surface area contributed by atoms with Crippen molar-refractivity contribution in [3.8, 4) is 0 Å². The molecule has 0 radical (unpaired) electrons. The number of halogens is 4. The number of rotatable bonds is 6. The maximum atomic E-state index is 13.0. The van der Waals surface area contributed by atoms with Crippen LogP contribution in [-0.4, -0.2) is 21.0 Å². The van der Waals surface area contributed by atoms with Crippen LogP contribution in [0.2, 0.25) is 5.02 Å². The van der Waals surface area contributed by atoms with Gasteiger partial charge in [-0.1, -0.05) is 41.6 Å². The van der Waals surface area contributed by atoms with Crippen molar-refractivity contribution < 1.29 is 23.1 Å². The summed E-state index contributed by atoms with van der Waals surface area (Å²) in [7, 11) is 0. The van der Waals surface area contributed by atoms with Crippen molar-refractivity contribution in [2.45, 2.75) is 24.0 Å². The normalized spacial score (nSPS) is 11.4. The van der Waals surface area contributed by atoms with E-state index in [4.69, 9.17) is 11.6 Å². The molecule has 0 unspecified atom stereocenters. The molecule has 0 aliphatic heterocycles. The Kier molecular flexibility index (Phi) is 6.52. The summed E-state index contributed by atoms with van der Waals surface area (Å²) in [6.45, 7) is 1.71. The van der Waals surface area contributed by atoms with Crippen LogP contribution in [0.4, 0.5) is 24.7 Å². The van der Waals surface area contributed by atoms with Crippen molar-refractivity contribution in [3.63, 3.8) is 0 Å². The third-order valence-corrected chi connectivity index (χ3v) is 5.25. The first-order valence-electron chi connectivity index (χ1n) is 8.57. The Bertz CT molecular complexity index is 1090. The molecule has 0 atom stereocenters. The van der Waals surface area contributed by atoms with Gasteiger partial charge in [0.25, 0.3) is 0 Å². The zero-order chi connectivity index (χ0) is 21.9. The predicted octanol–water partition coefficient (Wildman–Crippen LogP) is 6.19. The molecule has 1 heterocycles. The topological polar surface area (TPSA) is 75.1 Å². The van der Waals surface area contributed by atoms with Gasteiger partial charge in [-0.25, -0.2) is 14.8 Å². The van der Waals surface area contributed by atoms with E-state index >= 15 is 0 Å². The second-order valence-electron chi connectivity index (χ2n) is 6.25. The number of hydrogen-bond donors (Lipinski definition) is 2. The monoisotopic (exact) mass is 453 g/mol. The predicted molar refractivity (Wildman–Crippen MR) is 109 cm³/mol. The van der Waals surface area contributed by atoms with Crippen molar-refractivity contribution in [1.82, 2.24) is 9.97 Å². The Morgan fingerprint density at radius 2 is 1.90 bits per heavy atom. The lowest BCUT2D eigenvalue weighted by molar-refractivity contribution is -0.137. The average Bonchev–Trinajstić information content (AvgIpc) is 2.66. The van der Waals surface area contributed by atoms with Gasteiger partial charge in [0.05, 0.1) is 16.8 Å². The quantitative estimate of drug-likeness (QED) is 0.342. The summed E-state index contributed by atoms with van der Waals surface area (Å²) in [6.07, 6.45) is -4.61. The second-order valence-corrected chi connectivity index (χ2v) is 7.60. The lowest BCUT2D eigenvalue weighted by Crippen LogP contribution is -2.10. The number of carboxylic acid groups (broad SMARTS) is 1. The number of hydrogen-bond acceptors (Lipinski definition) is 5. The van der Waals surface area contributed by atoms with Crippen molar-refractivity contribution in [2.24, 2.45) is 0 Å². The maximum absolute atomic E-state index is 13.0. The van der Waals surface area contributed by atoms with E-state index in [9.17, 15) is 23.1 Å². The highest BCUT2D eigenvalue weighted by Gasteiger charge is 2.31. The van der Waals surface area contributed by atoms with E-state index in [0.29, 0.717) is 21.6 Å². The SMILES string of the molecule is Cc1cc(Nc2cc(C(F)(F)F)ccc2C(=O)O)nc(SCc2ccccc2Cl)n1. The minimum absolute atomic E-state index is 0.186. The zero-order valence-electron chi connectivity index (χ0n) is 15.5. The Labute approximate surface area is 179 Å². The van der Waals surface area contributed by atoms with Gasteiger partial charge in [0.1, 0.15) is 5.82 Å². The van der Waals surface area contributed by atoms with Crippen LogP contribution in [0, 0.1) is 6.92 Å². The number of aryl methyl sites for hydroxylation is 1. The number of benzene rings is 2.